The molecule has 0 saturated heterocycles. The Hall–Kier alpha value is -2.60. The third kappa shape index (κ3) is 7.25. The third-order valence-corrected chi connectivity index (χ3v) is 9.08. The van der Waals surface area contributed by atoms with E-state index in [9.17, 15) is 0 Å². The molecule has 0 bridgehead atoms. The number of hydrogen-bond acceptors (Lipinski definition) is 4. The molecule has 0 saturated carbocycles. The predicted molar refractivity (Wildman–Crippen MR) is 176 cm³/mol. The van der Waals surface area contributed by atoms with Crippen LogP contribution < -0.4 is 6.15 Å². The summed E-state index contributed by atoms with van der Waals surface area (Å²) in [5.74, 6) is 1.76. The molecule has 1 aliphatic rings. The summed E-state index contributed by atoms with van der Waals surface area (Å²) in [5.41, 5.74) is 8.17. The van der Waals surface area contributed by atoms with E-state index in [1.807, 2.05) is 36.7 Å². The molecular formula is C36H46N2O2Sn. The van der Waals surface area contributed by atoms with Crippen LogP contribution in [0.25, 0.3) is 0 Å². The number of nitrogens with zero attached hydrogens (tertiary/aromatic N) is 2. The number of hydrogen-bond donors (Lipinski definition) is 0. The molecule has 5 heteroatoms. The number of benzene rings is 3. The second-order valence-corrected chi connectivity index (χ2v) is 16.8. The van der Waals surface area contributed by atoms with Gasteiger partial charge in [0.15, 0.2) is 0 Å². The molecular weight excluding hydrogens is 611 g/mol. The molecule has 0 spiro atoms. The molecule has 4 rings (SSSR count). The van der Waals surface area contributed by atoms with Gasteiger partial charge in [-0.15, -0.1) is 0 Å². The molecule has 216 valence electrons. The molecule has 0 unspecified atom stereocenters. The molecule has 0 atom stereocenters. The minimum atomic E-state index is -1.83. The van der Waals surface area contributed by atoms with Crippen LogP contribution in [-0.4, -0.2) is 34.4 Å². The number of rotatable bonds is 0. The first-order valence-corrected chi connectivity index (χ1v) is 16.8. The van der Waals surface area contributed by atoms with E-state index in [1.54, 1.807) is 0 Å². The summed E-state index contributed by atoms with van der Waals surface area (Å²) in [7, 11) is 0. The Morgan fingerprint density at radius 2 is 0.878 bits per heavy atom. The molecule has 0 aliphatic carbocycles. The van der Waals surface area contributed by atoms with E-state index < -0.39 is 22.0 Å². The minimum absolute atomic E-state index is 0.0198. The van der Waals surface area contributed by atoms with Crippen LogP contribution in [0, 0.1) is 0 Å². The standard InChI is InChI=1S/C36H48N2O2.Sn/c1-33(2,3)25-17-23(31(39)27(19-25)35(7,8)9)21-37-29-15-13-14-16-30(29)38-22-24-18-26(34(4,5)6)20-28(32(24)40)36(10,11)12;/h13-22,39-40H,1-12H3;/q;+2/p-2. The fourth-order valence-electron chi connectivity index (χ4n) is 4.77. The van der Waals surface area contributed by atoms with E-state index in [0.717, 1.165) is 34.0 Å². The van der Waals surface area contributed by atoms with Crippen LogP contribution in [0.1, 0.15) is 116 Å². The predicted octanol–water partition coefficient (Wildman–Crippen LogP) is 9.68. The third-order valence-electron chi connectivity index (χ3n) is 7.44. The van der Waals surface area contributed by atoms with Gasteiger partial charge in [0.25, 0.3) is 0 Å². The molecule has 1 heterocycles. The van der Waals surface area contributed by atoms with Gasteiger partial charge in [-0.3, -0.25) is 0 Å². The number of fused-ring (bicyclic) bond motifs is 3. The summed E-state index contributed by atoms with van der Waals surface area (Å²) in [6, 6.07) is 17.1. The van der Waals surface area contributed by atoms with Crippen molar-refractivity contribution in [1.82, 2.24) is 0 Å². The maximum absolute atomic E-state index is 6.75. The summed E-state index contributed by atoms with van der Waals surface area (Å²) in [5, 5.41) is 0. The van der Waals surface area contributed by atoms with Crippen LogP contribution in [-0.2, 0) is 21.7 Å². The Morgan fingerprint density at radius 3 is 1.20 bits per heavy atom. The van der Waals surface area contributed by atoms with Gasteiger partial charge in [0.05, 0.1) is 0 Å². The summed E-state index contributed by atoms with van der Waals surface area (Å²) in [6.07, 6.45) is 3.88. The van der Waals surface area contributed by atoms with Gasteiger partial charge >= 0.3 is 260 Å². The van der Waals surface area contributed by atoms with E-state index in [2.05, 4.69) is 107 Å². The van der Waals surface area contributed by atoms with Gasteiger partial charge in [-0.25, -0.2) is 0 Å². The Morgan fingerprint density at radius 1 is 0.512 bits per heavy atom. The van der Waals surface area contributed by atoms with E-state index in [4.69, 9.17) is 16.1 Å². The van der Waals surface area contributed by atoms with Crippen LogP contribution in [0.4, 0.5) is 11.4 Å². The fourth-order valence-corrected chi connectivity index (χ4v) is 6.66. The normalized spacial score (nSPS) is 14.4. The molecule has 0 N–H and O–H groups in total. The summed E-state index contributed by atoms with van der Waals surface area (Å²) >= 11 is -1.83. The van der Waals surface area contributed by atoms with Crippen LogP contribution in [0.2, 0.25) is 0 Å². The summed E-state index contributed by atoms with van der Waals surface area (Å²) in [4.78, 5) is 9.94. The molecule has 0 fully saturated rings. The Kier molecular flexibility index (Phi) is 8.59. The van der Waals surface area contributed by atoms with Crippen molar-refractivity contribution in [2.45, 2.75) is 105 Å². The molecule has 4 nitrogen and oxygen atoms in total. The zero-order valence-electron chi connectivity index (χ0n) is 27.0. The zero-order chi connectivity index (χ0) is 30.4. The van der Waals surface area contributed by atoms with Crippen molar-refractivity contribution in [3.63, 3.8) is 0 Å². The zero-order valence-corrected chi connectivity index (χ0v) is 29.8. The molecule has 3 aromatic carbocycles. The number of para-hydroxylation sites is 2. The van der Waals surface area contributed by atoms with Crippen molar-refractivity contribution in [1.29, 1.82) is 0 Å². The monoisotopic (exact) mass is 658 g/mol. The fraction of sp³-hybridized carbons (Fsp3) is 0.444. The van der Waals surface area contributed by atoms with Crippen molar-refractivity contribution in [3.8, 4) is 11.5 Å². The van der Waals surface area contributed by atoms with Crippen molar-refractivity contribution in [2.24, 2.45) is 9.98 Å². The van der Waals surface area contributed by atoms with E-state index in [1.165, 1.54) is 22.3 Å². The first-order chi connectivity index (χ1) is 18.9. The Labute approximate surface area is 259 Å². The van der Waals surface area contributed by atoms with E-state index in [0.29, 0.717) is 0 Å². The van der Waals surface area contributed by atoms with Crippen LogP contribution in [0.5, 0.6) is 11.5 Å². The second-order valence-electron chi connectivity index (χ2n) is 15.2. The first-order valence-electron chi connectivity index (χ1n) is 14.5. The van der Waals surface area contributed by atoms with Gasteiger partial charge in [0.2, 0.25) is 0 Å². The van der Waals surface area contributed by atoms with Crippen molar-refractivity contribution < 1.29 is 6.15 Å². The van der Waals surface area contributed by atoms with Gasteiger partial charge in [-0.05, 0) is 0 Å². The SMILES string of the molecule is CC(C)(C)c1cc2c(c(C(C)(C)C)c1)[O][Sn][O]c1c(cc(C(C)(C)C)cc1C(C)(C)C)C=Nc1ccccc1N=C2. The second kappa shape index (κ2) is 11.2. The first kappa shape index (κ1) is 31.3. The van der Waals surface area contributed by atoms with Gasteiger partial charge in [-0.1, -0.05) is 0 Å². The molecule has 2 radical (unpaired) electrons. The van der Waals surface area contributed by atoms with Gasteiger partial charge in [0, 0.05) is 0 Å². The van der Waals surface area contributed by atoms with Crippen LogP contribution in [0.15, 0.2) is 58.5 Å². The average Bonchev–Trinajstić information content (AvgIpc) is 2.85. The van der Waals surface area contributed by atoms with Gasteiger partial charge in [0.1, 0.15) is 0 Å². The Balaban J connectivity index is 2.01. The van der Waals surface area contributed by atoms with Gasteiger partial charge in [-0.2, -0.15) is 0 Å². The average molecular weight is 657 g/mol. The molecule has 41 heavy (non-hydrogen) atoms. The van der Waals surface area contributed by atoms with Crippen molar-refractivity contribution in [2.75, 3.05) is 0 Å². The molecule has 3 aromatic rings. The van der Waals surface area contributed by atoms with Crippen molar-refractivity contribution >= 4 is 45.8 Å². The molecule has 0 aromatic heterocycles. The quantitative estimate of drug-likeness (QED) is 0.226. The van der Waals surface area contributed by atoms with E-state index in [-0.39, 0.29) is 21.7 Å². The molecule has 1 aliphatic heterocycles. The maximum atomic E-state index is 6.75. The van der Waals surface area contributed by atoms with Crippen LogP contribution in [0.3, 0.4) is 0 Å². The summed E-state index contributed by atoms with van der Waals surface area (Å²) in [6.45, 7) is 27.0. The Bertz CT molecular complexity index is 1380. The van der Waals surface area contributed by atoms with Gasteiger partial charge < -0.3 is 0 Å². The number of aliphatic imine (C=N–C) groups is 2. The van der Waals surface area contributed by atoms with E-state index >= 15 is 0 Å². The topological polar surface area (TPSA) is 43.2 Å². The van der Waals surface area contributed by atoms with Crippen LogP contribution >= 0.6 is 0 Å². The summed E-state index contributed by atoms with van der Waals surface area (Å²) < 4.78 is 13.5. The van der Waals surface area contributed by atoms with Crippen molar-refractivity contribution in [3.05, 3.63) is 81.9 Å². The molecule has 0 amide bonds.